The number of nitrogens with zero attached hydrogens (tertiary/aromatic N) is 2. The molecule has 2 heterocycles. The molecule has 6 heteroatoms. The number of aryl methyl sites for hydroxylation is 2. The Morgan fingerprint density at radius 1 is 1.11 bits per heavy atom. The summed E-state index contributed by atoms with van der Waals surface area (Å²) in [6.45, 7) is 8.52. The van der Waals surface area contributed by atoms with E-state index < -0.39 is 0 Å². The molecule has 0 spiro atoms. The Labute approximate surface area is 178 Å². The molecule has 4 rings (SSSR count). The van der Waals surface area contributed by atoms with E-state index in [0.29, 0.717) is 29.7 Å². The van der Waals surface area contributed by atoms with E-state index in [9.17, 15) is 5.11 Å². The number of phenols is 1. The molecule has 5 nitrogen and oxygen atoms in total. The van der Waals surface area contributed by atoms with Gasteiger partial charge in [-0.15, -0.1) is 11.6 Å². The number of hydrogen-bond donors (Lipinski definition) is 1. The van der Waals surface area contributed by atoms with Crippen molar-refractivity contribution in [2.75, 3.05) is 6.61 Å². The molecule has 0 unspecified atom stereocenters. The molecular weight excluding hydrogens is 535 g/mol. The minimum Gasteiger partial charge on any atom is -0.518 e. The molecule has 148 valence electrons. The molecule has 28 heavy (non-hydrogen) atoms. The first-order valence-electron chi connectivity index (χ1n) is 8.84. The van der Waals surface area contributed by atoms with Crippen LogP contribution in [0.15, 0.2) is 41.4 Å². The predicted molar refractivity (Wildman–Crippen MR) is 105 cm³/mol. The Morgan fingerprint density at radius 2 is 1.86 bits per heavy atom. The van der Waals surface area contributed by atoms with Crippen LogP contribution in [0.4, 0.5) is 0 Å². The Kier molecular flexibility index (Phi) is 5.49. The number of phenolic OH excluding ortho intramolecular Hbond substituents is 1. The minimum absolute atomic E-state index is 0. The van der Waals surface area contributed by atoms with Crippen LogP contribution in [0.3, 0.4) is 0 Å². The maximum Gasteiger partial charge on any atom is 0.217 e. The Balaban J connectivity index is 0.00000225. The number of ether oxygens (including phenoxy) is 2. The number of rotatable bonds is 3. The number of aromatic hydroxyl groups is 1. The summed E-state index contributed by atoms with van der Waals surface area (Å²) in [4.78, 5) is 9.04. The first-order chi connectivity index (χ1) is 12.8. The molecule has 2 aromatic carbocycles. The number of pyridine rings is 1. The van der Waals surface area contributed by atoms with Crippen molar-refractivity contribution in [2.45, 2.75) is 33.2 Å². The molecule has 0 aliphatic carbocycles. The van der Waals surface area contributed by atoms with Gasteiger partial charge in [0, 0.05) is 38.3 Å². The van der Waals surface area contributed by atoms with Crippen molar-refractivity contribution in [1.29, 1.82) is 0 Å². The van der Waals surface area contributed by atoms with Gasteiger partial charge in [-0.25, -0.2) is 4.98 Å². The van der Waals surface area contributed by atoms with Gasteiger partial charge in [-0.05, 0) is 44.5 Å². The van der Waals surface area contributed by atoms with E-state index in [2.05, 4.69) is 16.0 Å². The van der Waals surface area contributed by atoms with Crippen LogP contribution in [-0.4, -0.2) is 28.1 Å². The molecule has 1 aromatic heterocycles. The zero-order valence-electron chi connectivity index (χ0n) is 16.1. The van der Waals surface area contributed by atoms with Crippen LogP contribution in [0.5, 0.6) is 17.4 Å². The molecule has 0 fully saturated rings. The van der Waals surface area contributed by atoms with Gasteiger partial charge in [0.2, 0.25) is 5.88 Å². The zero-order valence-corrected chi connectivity index (χ0v) is 18.4. The Morgan fingerprint density at radius 3 is 2.57 bits per heavy atom. The van der Waals surface area contributed by atoms with E-state index in [1.165, 1.54) is 0 Å². The van der Waals surface area contributed by atoms with E-state index in [1.807, 2.05) is 52.0 Å². The van der Waals surface area contributed by atoms with Crippen molar-refractivity contribution < 1.29 is 35.6 Å². The summed E-state index contributed by atoms with van der Waals surface area (Å²) in [7, 11) is 0. The van der Waals surface area contributed by atoms with Crippen molar-refractivity contribution in [3.8, 4) is 17.4 Å². The summed E-state index contributed by atoms with van der Waals surface area (Å²) in [6, 6.07) is 14.4. The number of fused-ring (bicyclic) bond motifs is 1. The zero-order chi connectivity index (χ0) is 19.2. The predicted octanol–water partition coefficient (Wildman–Crippen LogP) is 4.70. The first kappa shape index (κ1) is 20.3. The molecule has 0 saturated carbocycles. The van der Waals surface area contributed by atoms with Crippen LogP contribution in [0.2, 0.25) is 0 Å². The van der Waals surface area contributed by atoms with Crippen molar-refractivity contribution in [2.24, 2.45) is 4.99 Å². The molecule has 1 N–H and O–H groups in total. The normalized spacial score (nSPS) is 14.9. The third kappa shape index (κ3) is 4.20. The van der Waals surface area contributed by atoms with Gasteiger partial charge in [-0.2, -0.15) is 0 Å². The number of aliphatic imine (C=N–C) groups is 1. The van der Waals surface area contributed by atoms with Crippen molar-refractivity contribution in [3.63, 3.8) is 0 Å². The van der Waals surface area contributed by atoms with E-state index >= 15 is 0 Å². The van der Waals surface area contributed by atoms with E-state index in [-0.39, 0.29) is 32.4 Å². The van der Waals surface area contributed by atoms with Crippen molar-refractivity contribution in [1.82, 2.24) is 4.98 Å². The quantitative estimate of drug-likeness (QED) is 0.475. The molecule has 0 radical (unpaired) electrons. The smallest absolute Gasteiger partial charge is 0.217 e. The van der Waals surface area contributed by atoms with E-state index in [4.69, 9.17) is 9.47 Å². The molecule has 0 saturated heterocycles. The average Bonchev–Trinajstić information content (AvgIpc) is 2.95. The van der Waals surface area contributed by atoms with Gasteiger partial charge < -0.3 is 14.6 Å². The second-order valence-electron chi connectivity index (χ2n) is 7.56. The van der Waals surface area contributed by atoms with Gasteiger partial charge in [0.1, 0.15) is 23.8 Å². The molecule has 0 bridgehead atoms. The second-order valence-corrected chi connectivity index (χ2v) is 7.56. The monoisotopic (exact) mass is 556 g/mol. The van der Waals surface area contributed by atoms with Crippen LogP contribution in [0.1, 0.15) is 30.5 Å². The van der Waals surface area contributed by atoms with Crippen LogP contribution < -0.4 is 4.74 Å². The summed E-state index contributed by atoms with van der Waals surface area (Å²) in [5, 5.41) is 11.0. The SMILES string of the molecule is Cc1cc(Oc2ccc3cc(C)cc(O)c3n2)[c-]c(C2=NC(C)(C)CO2)c1.[Pt]. The largest absolute Gasteiger partial charge is 0.518 e. The van der Waals surface area contributed by atoms with Gasteiger partial charge in [0.25, 0.3) is 0 Å². The summed E-state index contributed by atoms with van der Waals surface area (Å²) < 4.78 is 11.6. The third-order valence-corrected chi connectivity index (χ3v) is 4.29. The van der Waals surface area contributed by atoms with Gasteiger partial charge in [-0.3, -0.25) is 4.99 Å². The van der Waals surface area contributed by atoms with E-state index in [1.54, 1.807) is 12.1 Å². The maximum atomic E-state index is 10.2. The summed E-state index contributed by atoms with van der Waals surface area (Å²) >= 11 is 0. The van der Waals surface area contributed by atoms with Crippen LogP contribution >= 0.6 is 0 Å². The van der Waals surface area contributed by atoms with Gasteiger partial charge in [0.15, 0.2) is 0 Å². The first-order valence-corrected chi connectivity index (χ1v) is 8.84. The summed E-state index contributed by atoms with van der Waals surface area (Å²) in [6.07, 6.45) is 0. The van der Waals surface area contributed by atoms with Crippen LogP contribution in [-0.2, 0) is 25.8 Å². The molecule has 1 aliphatic heterocycles. The second kappa shape index (κ2) is 7.55. The molecule has 3 aromatic rings. The van der Waals surface area contributed by atoms with Gasteiger partial charge in [0.05, 0.1) is 5.54 Å². The Bertz CT molecular complexity index is 1080. The fraction of sp³-hybridized carbons (Fsp3) is 0.273. The molecular formula is C22H21N2O3Pt-. The topological polar surface area (TPSA) is 63.9 Å². The fourth-order valence-electron chi connectivity index (χ4n) is 3.09. The van der Waals surface area contributed by atoms with Gasteiger partial charge >= 0.3 is 0 Å². The molecule has 0 amide bonds. The van der Waals surface area contributed by atoms with E-state index in [0.717, 1.165) is 22.1 Å². The average molecular weight is 556 g/mol. The molecule has 0 atom stereocenters. The van der Waals surface area contributed by atoms with Crippen LogP contribution in [0, 0.1) is 19.9 Å². The minimum atomic E-state index is -0.233. The van der Waals surface area contributed by atoms with Crippen molar-refractivity contribution in [3.05, 3.63) is 59.2 Å². The van der Waals surface area contributed by atoms with Crippen molar-refractivity contribution >= 4 is 16.8 Å². The number of aromatic nitrogens is 1. The Hall–Kier alpha value is -2.39. The summed E-state index contributed by atoms with van der Waals surface area (Å²) in [5.74, 6) is 1.64. The fourth-order valence-corrected chi connectivity index (χ4v) is 3.09. The maximum absolute atomic E-state index is 10.2. The number of hydrogen-bond acceptors (Lipinski definition) is 5. The van der Waals surface area contributed by atoms with Crippen LogP contribution in [0.25, 0.3) is 10.9 Å². The number of benzene rings is 2. The standard InChI is InChI=1S/C22H21N2O3.Pt/c1-13-8-16(21-24-22(3,4)12-26-21)11-17(9-13)27-19-6-5-15-7-14(2)10-18(25)20(15)23-19;/h5-10,25H,12H2,1-4H3;/q-1;. The van der Waals surface area contributed by atoms with Gasteiger partial charge in [-0.1, -0.05) is 24.6 Å². The molecule has 1 aliphatic rings. The summed E-state index contributed by atoms with van der Waals surface area (Å²) in [5.41, 5.74) is 3.02. The third-order valence-electron chi connectivity index (χ3n) is 4.29.